The number of fused-ring (bicyclic) bond motifs is 1. The lowest BCUT2D eigenvalue weighted by molar-refractivity contribution is -0.896. The molecule has 1 saturated heterocycles. The van der Waals surface area contributed by atoms with Crippen LogP contribution in [-0.4, -0.2) is 83.5 Å². The highest BCUT2D eigenvalue weighted by Gasteiger charge is 2.26. The molecule has 1 fully saturated rings. The van der Waals surface area contributed by atoms with Crippen molar-refractivity contribution in [3.8, 4) is 17.0 Å². The summed E-state index contributed by atoms with van der Waals surface area (Å²) in [7, 11) is 6.46. The molecule has 1 N–H and O–H groups in total. The van der Waals surface area contributed by atoms with Crippen molar-refractivity contribution in [1.29, 1.82) is 0 Å². The zero-order valence-electron chi connectivity index (χ0n) is 25.4. The number of aromatic nitrogens is 3. The second-order valence-corrected chi connectivity index (χ2v) is 11.6. The van der Waals surface area contributed by atoms with Gasteiger partial charge in [-0.15, -0.1) is 0 Å². The Kier molecular flexibility index (Phi) is 10.5. The summed E-state index contributed by atoms with van der Waals surface area (Å²) in [6.07, 6.45) is 8.65. The monoisotopic (exact) mass is 608 g/mol. The van der Waals surface area contributed by atoms with Crippen molar-refractivity contribution in [3.05, 3.63) is 72.2 Å². The summed E-state index contributed by atoms with van der Waals surface area (Å²) >= 11 is 0. The summed E-state index contributed by atoms with van der Waals surface area (Å²) in [5.74, 6) is 1.37. The van der Waals surface area contributed by atoms with Gasteiger partial charge in [0.1, 0.15) is 5.75 Å². The van der Waals surface area contributed by atoms with Crippen molar-refractivity contribution < 1.29 is 32.7 Å². The number of nitrogens with one attached hydrogen (secondary N) is 1. The van der Waals surface area contributed by atoms with E-state index < -0.39 is 13.1 Å². The zero-order valence-corrected chi connectivity index (χ0v) is 25.4. The number of carbonyl (C=O) groups excluding carboxylic acids is 2. The molecule has 0 spiro atoms. The van der Waals surface area contributed by atoms with Gasteiger partial charge in [0.2, 0.25) is 0 Å². The summed E-state index contributed by atoms with van der Waals surface area (Å²) in [5, 5.41) is 11.6. The topological polar surface area (TPSA) is 112 Å². The van der Waals surface area contributed by atoms with Gasteiger partial charge in [0.25, 0.3) is 5.91 Å². The Morgan fingerprint density at radius 1 is 1.18 bits per heavy atom. The van der Waals surface area contributed by atoms with E-state index in [-0.39, 0.29) is 11.7 Å². The Morgan fingerprint density at radius 2 is 1.86 bits per heavy atom. The average Bonchev–Trinajstić information content (AvgIpc) is 3.42. The van der Waals surface area contributed by atoms with E-state index in [1.165, 1.54) is 38.1 Å². The SMILES string of the molecule is Cc1cc(Nc2nccn3c(-c4ccc(OC(F)F)cc4)cnc23)ccc1C(=O)N(C)CCC1CC[N+](C)(C)CC1.O=C[O-]. The van der Waals surface area contributed by atoms with E-state index in [1.807, 2.05) is 41.5 Å². The van der Waals surface area contributed by atoms with Crippen molar-refractivity contribution >= 4 is 29.5 Å². The van der Waals surface area contributed by atoms with Crippen LogP contribution in [0.2, 0.25) is 0 Å². The number of nitrogens with zero attached hydrogens (tertiary/aromatic N) is 5. The number of carboxylic acid groups (broad SMARTS) is 1. The Balaban J connectivity index is 0.00000141. The third-order valence-corrected chi connectivity index (χ3v) is 8.03. The zero-order chi connectivity index (χ0) is 31.9. The maximum atomic E-state index is 13.2. The average molecular weight is 609 g/mol. The first-order valence-electron chi connectivity index (χ1n) is 14.4. The molecule has 10 nitrogen and oxygen atoms in total. The lowest BCUT2D eigenvalue weighted by Gasteiger charge is -2.37. The molecule has 5 rings (SSSR count). The lowest BCUT2D eigenvalue weighted by atomic mass is 9.92. The van der Waals surface area contributed by atoms with Gasteiger partial charge in [-0.3, -0.25) is 9.20 Å². The highest BCUT2D eigenvalue weighted by Crippen LogP contribution is 2.28. The van der Waals surface area contributed by atoms with E-state index in [0.29, 0.717) is 22.9 Å². The second kappa shape index (κ2) is 14.3. The molecule has 0 saturated carbocycles. The van der Waals surface area contributed by atoms with E-state index in [0.717, 1.165) is 40.0 Å². The number of imidazole rings is 1. The number of hydrogen-bond donors (Lipinski definition) is 1. The fourth-order valence-electron chi connectivity index (χ4n) is 5.44. The molecule has 2 aromatic heterocycles. The Hall–Kier alpha value is -4.58. The number of likely N-dealkylation sites (tertiary alicyclic amines) is 1. The molecule has 1 aliphatic rings. The van der Waals surface area contributed by atoms with Crippen molar-refractivity contribution in [3.63, 3.8) is 0 Å². The van der Waals surface area contributed by atoms with Crippen molar-refractivity contribution in [1.82, 2.24) is 19.3 Å². The van der Waals surface area contributed by atoms with Gasteiger partial charge >= 0.3 is 6.61 Å². The number of benzene rings is 2. The van der Waals surface area contributed by atoms with E-state index in [1.54, 1.807) is 30.7 Å². The predicted octanol–water partition coefficient (Wildman–Crippen LogP) is 4.36. The van der Waals surface area contributed by atoms with Crippen LogP contribution in [0.3, 0.4) is 0 Å². The number of halogens is 2. The summed E-state index contributed by atoms with van der Waals surface area (Å²) in [5.41, 5.74) is 4.55. The maximum Gasteiger partial charge on any atom is 0.387 e. The minimum Gasteiger partial charge on any atom is -0.554 e. The van der Waals surface area contributed by atoms with Crippen LogP contribution in [-0.2, 0) is 4.79 Å². The number of hydrogen-bond acceptors (Lipinski definition) is 7. The van der Waals surface area contributed by atoms with E-state index in [2.05, 4.69) is 34.1 Å². The standard InChI is InChI=1S/C31H36F2N6O2.CH2O2/c1-21-19-24(7-10-26(21)30(40)37(2)15-11-22-12-17-39(3,4)18-13-22)36-28-29-35-20-27(38(29)16-14-34-28)23-5-8-25(9-6-23)41-31(32)33;2-1-3/h5-10,14,16,19-20,22,31H,11-13,15,17-18H2,1-4H3;1H,(H,2,3). The number of rotatable bonds is 9. The Morgan fingerprint density at radius 3 is 2.50 bits per heavy atom. The van der Waals surface area contributed by atoms with Crippen molar-refractivity contribution in [2.24, 2.45) is 5.92 Å². The summed E-state index contributed by atoms with van der Waals surface area (Å²) in [6.45, 7) is 1.73. The number of alkyl halides is 2. The van der Waals surface area contributed by atoms with Crippen LogP contribution in [0.25, 0.3) is 16.9 Å². The first kappa shape index (κ1) is 32.3. The summed E-state index contributed by atoms with van der Waals surface area (Å²) < 4.78 is 32.4. The number of amides is 1. The number of anilines is 2. The molecule has 3 heterocycles. The Labute approximate surface area is 255 Å². The molecular weight excluding hydrogens is 570 g/mol. The van der Waals surface area contributed by atoms with Gasteiger partial charge in [0, 0.05) is 49.3 Å². The first-order valence-corrected chi connectivity index (χ1v) is 14.4. The van der Waals surface area contributed by atoms with Crippen molar-refractivity contribution in [2.45, 2.75) is 32.8 Å². The predicted molar refractivity (Wildman–Crippen MR) is 162 cm³/mol. The van der Waals surface area contributed by atoms with Crippen molar-refractivity contribution in [2.75, 3.05) is 46.1 Å². The van der Waals surface area contributed by atoms with Crippen LogP contribution >= 0.6 is 0 Å². The van der Waals surface area contributed by atoms with Gasteiger partial charge < -0.3 is 29.3 Å². The van der Waals surface area contributed by atoms with Crippen LogP contribution in [0.5, 0.6) is 5.75 Å². The first-order chi connectivity index (χ1) is 21.0. The molecule has 0 unspecified atom stereocenters. The molecular formula is C32H38F2N6O4. The molecule has 234 valence electrons. The molecule has 1 aliphatic heterocycles. The summed E-state index contributed by atoms with van der Waals surface area (Å²) in [4.78, 5) is 32.3. The van der Waals surface area contributed by atoms with Crippen LogP contribution < -0.4 is 15.2 Å². The molecule has 44 heavy (non-hydrogen) atoms. The molecule has 1 amide bonds. The van der Waals surface area contributed by atoms with Gasteiger partial charge in [0.15, 0.2) is 11.5 Å². The molecule has 0 atom stereocenters. The molecule has 4 aromatic rings. The molecule has 2 aromatic carbocycles. The highest BCUT2D eigenvalue weighted by atomic mass is 19.3. The van der Waals surface area contributed by atoms with Gasteiger partial charge in [-0.1, -0.05) is 0 Å². The quantitative estimate of drug-likeness (QED) is 0.222. The van der Waals surface area contributed by atoms with Crippen LogP contribution in [0.1, 0.15) is 35.2 Å². The second-order valence-electron chi connectivity index (χ2n) is 11.6. The number of piperidine rings is 1. The fraction of sp³-hybridized carbons (Fsp3) is 0.375. The fourth-order valence-corrected chi connectivity index (χ4v) is 5.44. The van der Waals surface area contributed by atoms with Gasteiger partial charge in [-0.2, -0.15) is 8.78 Å². The molecule has 12 heteroatoms. The smallest absolute Gasteiger partial charge is 0.387 e. The van der Waals surface area contributed by atoms with E-state index in [9.17, 15) is 13.6 Å². The van der Waals surface area contributed by atoms with Crippen LogP contribution in [0, 0.1) is 12.8 Å². The number of aryl methyl sites for hydroxylation is 1. The minimum absolute atomic E-state index is 0.0315. The normalized spacial score (nSPS) is 14.5. The number of quaternary nitrogens is 1. The summed E-state index contributed by atoms with van der Waals surface area (Å²) in [6, 6.07) is 12.1. The third kappa shape index (κ3) is 8.07. The maximum absolute atomic E-state index is 13.2. The van der Waals surface area contributed by atoms with Crippen LogP contribution in [0.15, 0.2) is 61.1 Å². The highest BCUT2D eigenvalue weighted by molar-refractivity contribution is 5.96. The largest absolute Gasteiger partial charge is 0.554 e. The van der Waals surface area contributed by atoms with Gasteiger partial charge in [-0.05, 0) is 80.1 Å². The molecule has 0 radical (unpaired) electrons. The van der Waals surface area contributed by atoms with Gasteiger partial charge in [-0.25, -0.2) is 9.97 Å². The Bertz CT molecular complexity index is 1570. The van der Waals surface area contributed by atoms with E-state index >= 15 is 0 Å². The minimum atomic E-state index is -2.87. The molecule has 0 aliphatic carbocycles. The van der Waals surface area contributed by atoms with E-state index in [4.69, 9.17) is 9.90 Å². The van der Waals surface area contributed by atoms with Gasteiger partial charge in [0.05, 0.1) is 39.1 Å². The molecule has 0 bridgehead atoms. The third-order valence-electron chi connectivity index (χ3n) is 8.03. The number of carbonyl (C=O) groups is 2. The number of ether oxygens (including phenoxy) is 1. The lowest BCUT2D eigenvalue weighted by Crippen LogP contribution is -2.46. The van der Waals surface area contributed by atoms with Crippen LogP contribution in [0.4, 0.5) is 20.3 Å².